The lowest BCUT2D eigenvalue weighted by Crippen LogP contribution is -2.42. The molecule has 0 aliphatic heterocycles. The van der Waals surface area contributed by atoms with E-state index in [9.17, 15) is 9.59 Å². The van der Waals surface area contributed by atoms with Crippen molar-refractivity contribution in [3.8, 4) is 0 Å². The van der Waals surface area contributed by atoms with Crippen LogP contribution in [0.5, 0.6) is 0 Å². The summed E-state index contributed by atoms with van der Waals surface area (Å²) in [6.07, 6.45) is -0.218. The maximum absolute atomic E-state index is 12.6. The molecule has 0 saturated heterocycles. The number of rotatable bonds is 9. The number of nitrogens with two attached hydrogens (primary N) is 2. The SMILES string of the molecule is CCN(Cc1ccccc1)C(=O)N[C@@H](CC(N)=O)c1nc([C@@H](N)CO)no1. The summed E-state index contributed by atoms with van der Waals surface area (Å²) in [6.45, 7) is 2.33. The van der Waals surface area contributed by atoms with Crippen LogP contribution in [0.2, 0.25) is 0 Å². The third-order valence-corrected chi connectivity index (χ3v) is 3.87. The number of amides is 3. The van der Waals surface area contributed by atoms with E-state index in [1.807, 2.05) is 37.3 Å². The van der Waals surface area contributed by atoms with Crippen molar-refractivity contribution in [3.05, 3.63) is 47.6 Å². The third-order valence-electron chi connectivity index (χ3n) is 3.87. The van der Waals surface area contributed by atoms with Crippen LogP contribution in [0.25, 0.3) is 0 Å². The van der Waals surface area contributed by atoms with Crippen LogP contribution in [0, 0.1) is 0 Å². The van der Waals surface area contributed by atoms with Crippen molar-refractivity contribution in [2.45, 2.75) is 32.0 Å². The molecular weight excluding hydrogens is 352 g/mol. The largest absolute Gasteiger partial charge is 0.394 e. The fourth-order valence-electron chi connectivity index (χ4n) is 2.39. The molecule has 0 unspecified atom stereocenters. The first-order valence-electron chi connectivity index (χ1n) is 8.52. The van der Waals surface area contributed by atoms with E-state index in [4.69, 9.17) is 21.1 Å². The van der Waals surface area contributed by atoms with Gasteiger partial charge in [-0.3, -0.25) is 4.79 Å². The topological polar surface area (TPSA) is 161 Å². The number of hydrogen-bond donors (Lipinski definition) is 4. The van der Waals surface area contributed by atoms with Gasteiger partial charge >= 0.3 is 6.03 Å². The van der Waals surface area contributed by atoms with Gasteiger partial charge in [0.25, 0.3) is 0 Å². The van der Waals surface area contributed by atoms with Gasteiger partial charge in [0.1, 0.15) is 6.04 Å². The van der Waals surface area contributed by atoms with Crippen LogP contribution in [-0.4, -0.2) is 45.2 Å². The number of aromatic nitrogens is 2. The van der Waals surface area contributed by atoms with E-state index in [-0.39, 0.29) is 24.7 Å². The minimum atomic E-state index is -0.896. The smallest absolute Gasteiger partial charge is 0.318 e. The first kappa shape index (κ1) is 20.3. The molecule has 10 heteroatoms. The van der Waals surface area contributed by atoms with Crippen LogP contribution in [0.15, 0.2) is 34.9 Å². The number of carbonyl (C=O) groups excluding carboxylic acids is 2. The minimum Gasteiger partial charge on any atom is -0.394 e. The summed E-state index contributed by atoms with van der Waals surface area (Å²) in [5.74, 6) is -0.567. The van der Waals surface area contributed by atoms with E-state index in [0.29, 0.717) is 13.1 Å². The average Bonchev–Trinajstić information content (AvgIpc) is 3.15. The quantitative estimate of drug-likeness (QED) is 0.486. The Morgan fingerprint density at radius 1 is 1.33 bits per heavy atom. The van der Waals surface area contributed by atoms with E-state index in [1.54, 1.807) is 4.90 Å². The van der Waals surface area contributed by atoms with Crippen LogP contribution < -0.4 is 16.8 Å². The van der Waals surface area contributed by atoms with Gasteiger partial charge in [0.2, 0.25) is 11.8 Å². The second-order valence-corrected chi connectivity index (χ2v) is 5.95. The predicted octanol–water partition coefficient (Wildman–Crippen LogP) is 0.210. The summed E-state index contributed by atoms with van der Waals surface area (Å²) >= 11 is 0. The van der Waals surface area contributed by atoms with Crippen molar-refractivity contribution in [2.24, 2.45) is 11.5 Å². The fourth-order valence-corrected chi connectivity index (χ4v) is 2.39. The molecular formula is C17H24N6O4. The van der Waals surface area contributed by atoms with Gasteiger partial charge in [-0.1, -0.05) is 35.5 Å². The highest BCUT2D eigenvalue weighted by Crippen LogP contribution is 2.17. The molecule has 6 N–H and O–H groups in total. The number of benzene rings is 1. The first-order chi connectivity index (χ1) is 12.9. The lowest BCUT2D eigenvalue weighted by Gasteiger charge is -2.24. The van der Waals surface area contributed by atoms with Gasteiger partial charge in [-0.15, -0.1) is 0 Å². The van der Waals surface area contributed by atoms with Crippen molar-refractivity contribution in [1.82, 2.24) is 20.4 Å². The summed E-state index contributed by atoms with van der Waals surface area (Å²) in [4.78, 5) is 29.7. The normalized spacial score (nSPS) is 13.0. The van der Waals surface area contributed by atoms with Gasteiger partial charge in [-0.2, -0.15) is 4.98 Å². The van der Waals surface area contributed by atoms with Crippen molar-refractivity contribution in [2.75, 3.05) is 13.2 Å². The van der Waals surface area contributed by atoms with Gasteiger partial charge in [0, 0.05) is 13.1 Å². The molecule has 0 radical (unpaired) electrons. The zero-order chi connectivity index (χ0) is 19.8. The summed E-state index contributed by atoms with van der Waals surface area (Å²) in [6, 6.07) is 7.38. The molecule has 2 atom stereocenters. The van der Waals surface area contributed by atoms with Crippen LogP contribution in [0.3, 0.4) is 0 Å². The highest BCUT2D eigenvalue weighted by molar-refractivity contribution is 5.78. The van der Waals surface area contributed by atoms with Gasteiger partial charge in [-0.25, -0.2) is 4.79 Å². The lowest BCUT2D eigenvalue weighted by molar-refractivity contribution is -0.118. The molecule has 146 valence electrons. The van der Waals surface area contributed by atoms with Crippen molar-refractivity contribution >= 4 is 11.9 Å². The van der Waals surface area contributed by atoms with E-state index in [1.165, 1.54) is 0 Å². The van der Waals surface area contributed by atoms with Gasteiger partial charge in [0.15, 0.2) is 5.82 Å². The van der Waals surface area contributed by atoms with Crippen LogP contribution >= 0.6 is 0 Å². The zero-order valence-electron chi connectivity index (χ0n) is 15.0. The number of primary amides is 1. The van der Waals surface area contributed by atoms with E-state index >= 15 is 0 Å². The molecule has 3 amide bonds. The molecule has 2 rings (SSSR count). The molecule has 0 spiro atoms. The summed E-state index contributed by atoms with van der Waals surface area (Å²) < 4.78 is 5.09. The Balaban J connectivity index is 2.12. The Kier molecular flexibility index (Phi) is 7.26. The zero-order valence-corrected chi connectivity index (χ0v) is 15.0. The fraction of sp³-hybridized carbons (Fsp3) is 0.412. The number of urea groups is 1. The second kappa shape index (κ2) is 9.64. The third kappa shape index (κ3) is 5.76. The van der Waals surface area contributed by atoms with Crippen LogP contribution in [-0.2, 0) is 11.3 Å². The van der Waals surface area contributed by atoms with Gasteiger partial charge in [0.05, 0.1) is 19.1 Å². The van der Waals surface area contributed by atoms with Crippen LogP contribution in [0.1, 0.15) is 42.7 Å². The molecule has 1 aromatic heterocycles. The molecule has 0 fully saturated rings. The van der Waals surface area contributed by atoms with Gasteiger partial charge in [-0.05, 0) is 12.5 Å². The van der Waals surface area contributed by atoms with E-state index in [2.05, 4.69) is 15.5 Å². The molecule has 0 saturated carbocycles. The van der Waals surface area contributed by atoms with Gasteiger partial charge < -0.3 is 31.3 Å². The summed E-state index contributed by atoms with van der Waals surface area (Å²) in [5.41, 5.74) is 11.9. The predicted molar refractivity (Wildman–Crippen MR) is 95.9 cm³/mol. The molecule has 1 heterocycles. The van der Waals surface area contributed by atoms with Crippen molar-refractivity contribution < 1.29 is 19.2 Å². The Morgan fingerprint density at radius 2 is 2.04 bits per heavy atom. The Labute approximate surface area is 156 Å². The number of carbonyl (C=O) groups is 2. The Morgan fingerprint density at radius 3 is 2.63 bits per heavy atom. The number of nitrogens with one attached hydrogen (secondary N) is 1. The maximum Gasteiger partial charge on any atom is 0.318 e. The second-order valence-electron chi connectivity index (χ2n) is 5.95. The van der Waals surface area contributed by atoms with Crippen molar-refractivity contribution in [3.63, 3.8) is 0 Å². The summed E-state index contributed by atoms with van der Waals surface area (Å²) in [5, 5.41) is 15.4. The molecule has 0 aliphatic carbocycles. The molecule has 2 aromatic rings. The molecule has 1 aromatic carbocycles. The van der Waals surface area contributed by atoms with Crippen LogP contribution in [0.4, 0.5) is 4.79 Å². The number of hydrogen-bond acceptors (Lipinski definition) is 7. The summed E-state index contributed by atoms with van der Waals surface area (Å²) in [7, 11) is 0. The number of aliphatic hydroxyl groups excluding tert-OH is 1. The average molecular weight is 376 g/mol. The van der Waals surface area contributed by atoms with Crippen molar-refractivity contribution in [1.29, 1.82) is 0 Å². The molecule has 27 heavy (non-hydrogen) atoms. The standard InChI is InChI=1S/C17H24N6O4/c1-2-23(9-11-6-4-3-5-7-11)17(26)20-13(8-14(19)25)16-21-15(22-27-16)12(18)10-24/h3-7,12-13,24H,2,8-10,18H2,1H3,(H2,19,25)(H,20,26)/t12-,13-/m0/s1. The number of nitrogens with zero attached hydrogens (tertiary/aromatic N) is 3. The first-order valence-corrected chi connectivity index (χ1v) is 8.52. The lowest BCUT2D eigenvalue weighted by atomic mass is 10.2. The monoisotopic (exact) mass is 376 g/mol. The number of aliphatic hydroxyl groups is 1. The molecule has 10 nitrogen and oxygen atoms in total. The molecule has 0 bridgehead atoms. The highest BCUT2D eigenvalue weighted by Gasteiger charge is 2.26. The molecule has 0 aliphatic rings. The van der Waals surface area contributed by atoms with E-state index in [0.717, 1.165) is 5.56 Å². The minimum absolute atomic E-state index is 0.00295. The Hall–Kier alpha value is -2.98. The highest BCUT2D eigenvalue weighted by atomic mass is 16.5. The van der Waals surface area contributed by atoms with E-state index < -0.39 is 24.0 Å². The Bertz CT molecular complexity index is 751. The maximum atomic E-state index is 12.6.